The summed E-state index contributed by atoms with van der Waals surface area (Å²) in [4.78, 5) is 0. The van der Waals surface area contributed by atoms with Crippen molar-refractivity contribution in [3.05, 3.63) is 17.3 Å². The molecule has 0 bridgehead atoms. The molecule has 0 radical (unpaired) electrons. The lowest BCUT2D eigenvalue weighted by atomic mass is 10.2. The minimum atomic E-state index is -0.402. The van der Waals surface area contributed by atoms with E-state index in [1.807, 2.05) is 0 Å². The van der Waals surface area contributed by atoms with Crippen LogP contribution in [0, 0.1) is 5.21 Å². The Labute approximate surface area is 68.7 Å². The summed E-state index contributed by atoms with van der Waals surface area (Å²) in [6.45, 7) is 0. The summed E-state index contributed by atoms with van der Waals surface area (Å²) in [5.41, 5.74) is 16.2. The maximum Gasteiger partial charge on any atom is 0.0993 e. The van der Waals surface area contributed by atoms with Gasteiger partial charge in [-0.1, -0.05) is 0 Å². The third-order valence-electron chi connectivity index (χ3n) is 1.47. The van der Waals surface area contributed by atoms with Crippen molar-refractivity contribution in [1.29, 1.82) is 0 Å². The summed E-state index contributed by atoms with van der Waals surface area (Å²) in [7, 11) is 0. The van der Waals surface area contributed by atoms with E-state index in [0.29, 0.717) is 0 Å². The molecule has 0 aliphatic heterocycles. The van der Waals surface area contributed by atoms with Crippen molar-refractivity contribution in [2.75, 3.05) is 22.4 Å². The summed E-state index contributed by atoms with van der Waals surface area (Å²) in [6, 6.07) is 2.85. The van der Waals surface area contributed by atoms with Gasteiger partial charge in [-0.25, -0.2) is 0 Å². The summed E-state index contributed by atoms with van der Waals surface area (Å²) < 4.78 is 0. The van der Waals surface area contributed by atoms with Gasteiger partial charge in [0.2, 0.25) is 0 Å². The van der Waals surface area contributed by atoms with Crippen LogP contribution in [0.2, 0.25) is 0 Å². The number of nitrogens with two attached hydrogens (primary N) is 3. The molecule has 0 amide bonds. The van der Waals surface area contributed by atoms with Crippen LogP contribution in [0.5, 0.6) is 0 Å². The second-order valence-electron chi connectivity index (χ2n) is 2.28. The van der Waals surface area contributed by atoms with E-state index >= 15 is 0 Å². The number of benzene rings is 1. The quantitative estimate of drug-likeness (QED) is 0.349. The molecule has 1 aromatic rings. The van der Waals surface area contributed by atoms with E-state index in [-0.39, 0.29) is 22.7 Å². The lowest BCUT2D eigenvalue weighted by Crippen LogP contribution is -2.13. The zero-order valence-electron chi connectivity index (χ0n) is 6.19. The number of anilines is 4. The molecule has 0 unspecified atom stereocenters. The molecule has 1 aromatic carbocycles. The molecule has 0 saturated carbocycles. The van der Waals surface area contributed by atoms with Crippen molar-refractivity contribution < 1.29 is 5.21 Å². The van der Waals surface area contributed by atoms with Crippen molar-refractivity contribution in [3.63, 3.8) is 0 Å². The summed E-state index contributed by atoms with van der Waals surface area (Å²) >= 11 is 0. The molecular formula is C6H9N4O2-. The zero-order chi connectivity index (χ0) is 9.30. The Bertz CT molecular complexity index is 300. The van der Waals surface area contributed by atoms with Crippen LogP contribution in [0.25, 0.3) is 0 Å². The normalized spacial score (nSPS) is 9.83. The van der Waals surface area contributed by atoms with Crippen LogP contribution in [0.3, 0.4) is 0 Å². The van der Waals surface area contributed by atoms with Gasteiger partial charge in [0, 0.05) is 0 Å². The van der Waals surface area contributed by atoms with E-state index in [1.165, 1.54) is 12.1 Å². The summed E-state index contributed by atoms with van der Waals surface area (Å²) in [5.74, 6) is 0. The fourth-order valence-electron chi connectivity index (χ4n) is 0.854. The van der Waals surface area contributed by atoms with Crippen LogP contribution in [0.1, 0.15) is 0 Å². The Hall–Kier alpha value is -1.66. The monoisotopic (exact) mass is 169 g/mol. The Balaban J connectivity index is 3.33. The molecule has 0 fully saturated rings. The molecule has 0 atom stereocenters. The van der Waals surface area contributed by atoms with Gasteiger partial charge in [0.25, 0.3) is 0 Å². The SMILES string of the molecule is Nc1ccc(N)c(N([O-])O)c1N. The topological polar surface area (TPSA) is 125 Å². The van der Waals surface area contributed by atoms with Gasteiger partial charge in [0.15, 0.2) is 0 Å². The molecule has 0 aliphatic carbocycles. The van der Waals surface area contributed by atoms with Crippen molar-refractivity contribution in [3.8, 4) is 0 Å². The molecule has 6 heteroatoms. The molecule has 66 valence electrons. The smallest absolute Gasteiger partial charge is 0.0993 e. The predicted molar refractivity (Wildman–Crippen MR) is 47.3 cm³/mol. The number of nitrogen functional groups attached to an aromatic ring is 3. The van der Waals surface area contributed by atoms with E-state index in [0.717, 1.165) is 0 Å². The van der Waals surface area contributed by atoms with Gasteiger partial charge < -0.3 is 27.6 Å². The standard InChI is InChI=1S/C6H9N4O2/c7-3-1-2-4(8)6(5(3)9)10(11)12/h1-2,11H,7-9H2/q-1. The average molecular weight is 169 g/mol. The molecule has 0 spiro atoms. The number of hydrogen-bond acceptors (Lipinski definition) is 6. The highest BCUT2D eigenvalue weighted by atomic mass is 16.8. The van der Waals surface area contributed by atoms with Crippen molar-refractivity contribution >= 4 is 22.7 Å². The average Bonchev–Trinajstić information content (AvgIpc) is 1.97. The molecule has 7 N–H and O–H groups in total. The molecule has 0 heterocycles. The fraction of sp³-hybridized carbons (Fsp3) is 0. The van der Waals surface area contributed by atoms with Crippen LogP contribution in [-0.2, 0) is 0 Å². The molecule has 6 nitrogen and oxygen atoms in total. The Kier molecular flexibility index (Phi) is 1.94. The largest absolute Gasteiger partial charge is 0.733 e. The van der Waals surface area contributed by atoms with Gasteiger partial charge >= 0.3 is 0 Å². The van der Waals surface area contributed by atoms with Crippen LogP contribution < -0.4 is 22.4 Å². The lowest BCUT2D eigenvalue weighted by molar-refractivity contribution is 0.297. The highest BCUT2D eigenvalue weighted by molar-refractivity contribution is 5.87. The first kappa shape index (κ1) is 8.44. The van der Waals surface area contributed by atoms with Crippen LogP contribution in [0.4, 0.5) is 22.7 Å². The Morgan fingerprint density at radius 2 is 1.67 bits per heavy atom. The number of hydrogen-bond donors (Lipinski definition) is 4. The van der Waals surface area contributed by atoms with Gasteiger partial charge in [-0.15, -0.1) is 0 Å². The maximum atomic E-state index is 10.5. The fourth-order valence-corrected chi connectivity index (χ4v) is 0.854. The second-order valence-corrected chi connectivity index (χ2v) is 2.28. The first-order valence-electron chi connectivity index (χ1n) is 3.13. The molecule has 12 heavy (non-hydrogen) atoms. The second kappa shape index (κ2) is 2.76. The minimum Gasteiger partial charge on any atom is -0.733 e. The van der Waals surface area contributed by atoms with Gasteiger partial charge in [-0.05, 0) is 12.1 Å². The first-order valence-corrected chi connectivity index (χ1v) is 3.13. The third-order valence-corrected chi connectivity index (χ3v) is 1.47. The van der Waals surface area contributed by atoms with E-state index in [4.69, 9.17) is 22.4 Å². The van der Waals surface area contributed by atoms with Gasteiger partial charge in [-0.3, -0.25) is 5.21 Å². The van der Waals surface area contributed by atoms with Crippen molar-refractivity contribution in [2.24, 2.45) is 0 Å². The van der Waals surface area contributed by atoms with E-state index in [1.54, 1.807) is 0 Å². The van der Waals surface area contributed by atoms with Crippen LogP contribution in [-0.4, -0.2) is 5.21 Å². The van der Waals surface area contributed by atoms with Gasteiger partial charge in [0.1, 0.15) is 0 Å². The number of rotatable bonds is 1. The van der Waals surface area contributed by atoms with E-state index in [2.05, 4.69) is 0 Å². The van der Waals surface area contributed by atoms with Crippen molar-refractivity contribution in [1.82, 2.24) is 0 Å². The first-order chi connectivity index (χ1) is 5.54. The molecule has 0 aliphatic rings. The van der Waals surface area contributed by atoms with E-state index < -0.39 is 5.23 Å². The molecule has 0 saturated heterocycles. The molecule has 0 aromatic heterocycles. The highest BCUT2D eigenvalue weighted by Crippen LogP contribution is 2.32. The number of nitrogens with zero attached hydrogens (tertiary/aromatic N) is 1. The highest BCUT2D eigenvalue weighted by Gasteiger charge is 2.06. The molecule has 1 rings (SSSR count). The summed E-state index contributed by atoms with van der Waals surface area (Å²) in [5, 5.41) is 18.7. The predicted octanol–water partition coefficient (Wildman–Crippen LogP) is 0.127. The maximum absolute atomic E-state index is 10.5. The van der Waals surface area contributed by atoms with Crippen molar-refractivity contribution in [2.45, 2.75) is 0 Å². The van der Waals surface area contributed by atoms with Gasteiger partial charge in [0.05, 0.1) is 22.7 Å². The summed E-state index contributed by atoms with van der Waals surface area (Å²) in [6.07, 6.45) is 0. The zero-order valence-corrected chi connectivity index (χ0v) is 6.19. The third kappa shape index (κ3) is 1.20. The Morgan fingerprint density at radius 3 is 2.08 bits per heavy atom. The molecular weight excluding hydrogens is 160 g/mol. The Morgan fingerprint density at radius 1 is 1.17 bits per heavy atom. The minimum absolute atomic E-state index is 0.0208. The van der Waals surface area contributed by atoms with E-state index in [9.17, 15) is 5.21 Å². The van der Waals surface area contributed by atoms with Crippen LogP contribution >= 0.6 is 0 Å². The van der Waals surface area contributed by atoms with Gasteiger partial charge in [-0.2, -0.15) is 0 Å². The van der Waals surface area contributed by atoms with Crippen LogP contribution in [0.15, 0.2) is 12.1 Å². The lowest BCUT2D eigenvalue weighted by Gasteiger charge is -2.25.